The number of aromatic nitrogens is 2. The molecule has 1 aliphatic rings. The Balaban J connectivity index is 0.00000210. The maximum absolute atomic E-state index is 12.7. The van der Waals surface area contributed by atoms with E-state index >= 15 is 0 Å². The first-order valence-electron chi connectivity index (χ1n) is 9.17. The number of carbonyl (C=O) groups is 1. The summed E-state index contributed by atoms with van der Waals surface area (Å²) in [5.41, 5.74) is 8.12. The minimum absolute atomic E-state index is 0. The van der Waals surface area contributed by atoms with Gasteiger partial charge >= 0.3 is 0 Å². The maximum Gasteiger partial charge on any atom is 0.261 e. The summed E-state index contributed by atoms with van der Waals surface area (Å²) in [5, 5.41) is 8.90. The van der Waals surface area contributed by atoms with E-state index in [1.165, 1.54) is 16.9 Å². The smallest absolute Gasteiger partial charge is 0.261 e. The third-order valence-corrected chi connectivity index (χ3v) is 6.26. The van der Waals surface area contributed by atoms with E-state index in [2.05, 4.69) is 22.5 Å². The molecule has 0 aliphatic heterocycles. The highest BCUT2D eigenvalue weighted by Crippen LogP contribution is 2.29. The number of nitrogens with two attached hydrogens (primary N) is 1. The number of fused-ring (bicyclic) bond motifs is 1. The Morgan fingerprint density at radius 2 is 1.96 bits per heavy atom. The third kappa shape index (κ3) is 4.34. The van der Waals surface area contributed by atoms with Gasteiger partial charge in [-0.15, -0.1) is 23.7 Å². The molecular weight excluding hydrogens is 380 g/mol. The molecule has 0 spiro atoms. The van der Waals surface area contributed by atoms with Crippen molar-refractivity contribution in [3.63, 3.8) is 0 Å². The lowest BCUT2D eigenvalue weighted by Crippen LogP contribution is -2.40. The van der Waals surface area contributed by atoms with Crippen LogP contribution in [0.25, 0.3) is 10.2 Å². The van der Waals surface area contributed by atoms with Gasteiger partial charge in [-0.3, -0.25) is 9.48 Å². The van der Waals surface area contributed by atoms with Gasteiger partial charge in [0, 0.05) is 17.5 Å². The molecule has 0 unspecified atom stereocenters. The van der Waals surface area contributed by atoms with Crippen LogP contribution in [0.5, 0.6) is 0 Å². The van der Waals surface area contributed by atoms with E-state index in [-0.39, 0.29) is 24.4 Å². The zero-order valence-electron chi connectivity index (χ0n) is 15.4. The molecule has 7 heteroatoms. The topological polar surface area (TPSA) is 72.9 Å². The lowest BCUT2D eigenvalue weighted by molar-refractivity contribution is 0.0930. The van der Waals surface area contributed by atoms with E-state index in [1.807, 2.05) is 35.9 Å². The fraction of sp³-hybridized carbons (Fsp3) is 0.400. The van der Waals surface area contributed by atoms with Gasteiger partial charge in [0.25, 0.3) is 5.91 Å². The quantitative estimate of drug-likeness (QED) is 0.693. The van der Waals surface area contributed by atoms with E-state index < -0.39 is 0 Å². The molecule has 2 heterocycles. The number of aryl methyl sites for hydroxylation is 1. The molecule has 1 fully saturated rings. The molecule has 1 saturated carbocycles. The van der Waals surface area contributed by atoms with E-state index in [0.717, 1.165) is 46.5 Å². The normalized spacial score (nSPS) is 19.6. The highest BCUT2D eigenvalue weighted by atomic mass is 35.5. The van der Waals surface area contributed by atoms with Crippen molar-refractivity contribution in [2.24, 2.45) is 5.73 Å². The van der Waals surface area contributed by atoms with Gasteiger partial charge in [0.1, 0.15) is 4.83 Å². The summed E-state index contributed by atoms with van der Waals surface area (Å²) in [5.74, 6) is 0.0253. The highest BCUT2D eigenvalue weighted by Gasteiger charge is 2.22. The number of rotatable bonds is 4. The minimum Gasteiger partial charge on any atom is -0.349 e. The van der Waals surface area contributed by atoms with Crippen LogP contribution in [-0.2, 0) is 6.54 Å². The summed E-state index contributed by atoms with van der Waals surface area (Å²) >= 11 is 1.52. The van der Waals surface area contributed by atoms with Gasteiger partial charge < -0.3 is 11.1 Å². The van der Waals surface area contributed by atoms with Crippen molar-refractivity contribution in [2.45, 2.75) is 51.2 Å². The largest absolute Gasteiger partial charge is 0.349 e. The number of amides is 1. The standard InChI is InChI=1S/C20H24N4OS.ClH/c1-13-17-11-18(19(25)22-16-9-7-15(21)8-10-16)26-20(17)24(23-13)12-14-5-3-2-4-6-14;/h2-6,11,15-16H,7-10,12,21H2,1H3,(H,22,25);1H. The molecule has 4 rings (SSSR count). The monoisotopic (exact) mass is 404 g/mol. The molecule has 3 aromatic rings. The highest BCUT2D eigenvalue weighted by molar-refractivity contribution is 7.20. The second-order valence-electron chi connectivity index (χ2n) is 7.14. The van der Waals surface area contributed by atoms with E-state index in [0.29, 0.717) is 12.6 Å². The van der Waals surface area contributed by atoms with Crippen LogP contribution < -0.4 is 11.1 Å². The van der Waals surface area contributed by atoms with E-state index in [4.69, 9.17) is 5.73 Å². The van der Waals surface area contributed by atoms with Gasteiger partial charge in [0.15, 0.2) is 0 Å². The van der Waals surface area contributed by atoms with Crippen LogP contribution in [0, 0.1) is 6.92 Å². The van der Waals surface area contributed by atoms with Gasteiger partial charge in [-0.05, 0) is 44.2 Å². The number of halogens is 1. The van der Waals surface area contributed by atoms with Crippen molar-refractivity contribution < 1.29 is 4.79 Å². The second kappa shape index (κ2) is 8.42. The molecular formula is C20H25ClN4OS. The van der Waals surface area contributed by atoms with Gasteiger partial charge in [0.05, 0.1) is 17.1 Å². The maximum atomic E-state index is 12.7. The van der Waals surface area contributed by atoms with Crippen molar-refractivity contribution in [1.29, 1.82) is 0 Å². The Morgan fingerprint density at radius 3 is 2.67 bits per heavy atom. The van der Waals surface area contributed by atoms with Crippen molar-refractivity contribution >= 4 is 39.9 Å². The molecule has 5 nitrogen and oxygen atoms in total. The first kappa shape index (κ1) is 19.9. The summed E-state index contributed by atoms with van der Waals surface area (Å²) in [6.07, 6.45) is 3.92. The Labute approximate surface area is 169 Å². The van der Waals surface area contributed by atoms with E-state index in [9.17, 15) is 4.79 Å². The van der Waals surface area contributed by atoms with Crippen molar-refractivity contribution in [2.75, 3.05) is 0 Å². The van der Waals surface area contributed by atoms with Gasteiger partial charge in [-0.25, -0.2) is 0 Å². The van der Waals surface area contributed by atoms with Crippen LogP contribution in [0.4, 0.5) is 0 Å². The molecule has 3 N–H and O–H groups in total. The van der Waals surface area contributed by atoms with Crippen LogP contribution in [0.1, 0.15) is 46.6 Å². The molecule has 2 aromatic heterocycles. The van der Waals surface area contributed by atoms with Gasteiger partial charge in [-0.1, -0.05) is 30.3 Å². The van der Waals surface area contributed by atoms with Crippen molar-refractivity contribution in [3.8, 4) is 0 Å². The first-order chi connectivity index (χ1) is 12.6. The van der Waals surface area contributed by atoms with Gasteiger partial charge in [-0.2, -0.15) is 5.10 Å². The number of thiophene rings is 1. The zero-order valence-corrected chi connectivity index (χ0v) is 17.0. The van der Waals surface area contributed by atoms with Crippen LogP contribution in [0.15, 0.2) is 36.4 Å². The number of nitrogens with one attached hydrogen (secondary N) is 1. The van der Waals surface area contributed by atoms with Crippen LogP contribution in [0.3, 0.4) is 0 Å². The second-order valence-corrected chi connectivity index (χ2v) is 8.17. The molecule has 1 amide bonds. The fourth-order valence-electron chi connectivity index (χ4n) is 3.61. The first-order valence-corrected chi connectivity index (χ1v) is 9.99. The molecule has 0 atom stereocenters. The van der Waals surface area contributed by atoms with Crippen LogP contribution in [-0.4, -0.2) is 27.8 Å². The number of carbonyl (C=O) groups excluding carboxylic acids is 1. The molecule has 0 bridgehead atoms. The number of hydrogen-bond donors (Lipinski definition) is 2. The van der Waals surface area contributed by atoms with Crippen molar-refractivity contribution in [1.82, 2.24) is 15.1 Å². The Bertz CT molecular complexity index is 913. The molecule has 1 aliphatic carbocycles. The SMILES string of the molecule is Cc1nn(Cc2ccccc2)c2sc(C(=O)NC3CCC(N)CC3)cc12.Cl. The lowest BCUT2D eigenvalue weighted by Gasteiger charge is -2.26. The predicted octanol–water partition coefficient (Wildman–Crippen LogP) is 3.88. The number of hydrogen-bond acceptors (Lipinski definition) is 4. The van der Waals surface area contributed by atoms with Crippen LogP contribution >= 0.6 is 23.7 Å². The molecule has 0 saturated heterocycles. The average molecular weight is 405 g/mol. The fourth-order valence-corrected chi connectivity index (χ4v) is 4.67. The summed E-state index contributed by atoms with van der Waals surface area (Å²) in [7, 11) is 0. The predicted molar refractivity (Wildman–Crippen MR) is 113 cm³/mol. The summed E-state index contributed by atoms with van der Waals surface area (Å²) in [4.78, 5) is 14.5. The van der Waals surface area contributed by atoms with Crippen LogP contribution in [0.2, 0.25) is 0 Å². The zero-order chi connectivity index (χ0) is 18.1. The Kier molecular flexibility index (Phi) is 6.19. The van der Waals surface area contributed by atoms with E-state index in [1.54, 1.807) is 0 Å². The van der Waals surface area contributed by atoms with Crippen molar-refractivity contribution in [3.05, 3.63) is 52.5 Å². The van der Waals surface area contributed by atoms with Gasteiger partial charge in [0.2, 0.25) is 0 Å². The lowest BCUT2D eigenvalue weighted by atomic mass is 9.92. The Hall–Kier alpha value is -1.89. The summed E-state index contributed by atoms with van der Waals surface area (Å²) in [6.45, 7) is 2.72. The minimum atomic E-state index is 0. The Morgan fingerprint density at radius 1 is 1.26 bits per heavy atom. The molecule has 144 valence electrons. The molecule has 0 radical (unpaired) electrons. The summed E-state index contributed by atoms with van der Waals surface area (Å²) in [6, 6.07) is 12.8. The number of benzene rings is 1. The molecule has 27 heavy (non-hydrogen) atoms. The number of nitrogens with zero attached hydrogens (tertiary/aromatic N) is 2. The third-order valence-electron chi connectivity index (χ3n) is 5.11. The molecule has 1 aromatic carbocycles. The summed E-state index contributed by atoms with van der Waals surface area (Å²) < 4.78 is 2.00. The average Bonchev–Trinajstić information content (AvgIpc) is 3.20.